The molecule has 0 spiro atoms. The monoisotopic (exact) mass is 453 g/mol. The van der Waals surface area contributed by atoms with E-state index in [4.69, 9.17) is 9.47 Å². The lowest BCUT2D eigenvalue weighted by atomic mass is 10.1. The summed E-state index contributed by atoms with van der Waals surface area (Å²) < 4.78 is 13.7. The highest BCUT2D eigenvalue weighted by molar-refractivity contribution is 5.99. The molecule has 0 fully saturated rings. The zero-order valence-corrected chi connectivity index (χ0v) is 19.1. The van der Waals surface area contributed by atoms with Gasteiger partial charge in [0.2, 0.25) is 5.91 Å². The van der Waals surface area contributed by atoms with E-state index < -0.39 is 11.5 Å². The number of aromatic nitrogens is 3. The van der Waals surface area contributed by atoms with Gasteiger partial charge in [0.1, 0.15) is 31.6 Å². The van der Waals surface area contributed by atoms with Crippen LogP contribution in [-0.4, -0.2) is 45.8 Å². The normalized spacial score (nSPS) is 12.8. The van der Waals surface area contributed by atoms with Gasteiger partial charge in [-0.1, -0.05) is 13.8 Å². The molecule has 10 nitrogen and oxygen atoms in total. The minimum Gasteiger partial charge on any atom is -0.486 e. The first-order valence-corrected chi connectivity index (χ1v) is 10.8. The zero-order valence-electron chi connectivity index (χ0n) is 19.1. The molecule has 1 aliphatic heterocycles. The van der Waals surface area contributed by atoms with Crippen LogP contribution in [0.4, 0.5) is 5.69 Å². The summed E-state index contributed by atoms with van der Waals surface area (Å²) in [6.45, 7) is 8.70. The molecule has 2 N–H and O–H groups in total. The maximum atomic E-state index is 13.1. The van der Waals surface area contributed by atoms with Gasteiger partial charge in [0.25, 0.3) is 11.5 Å². The fourth-order valence-corrected chi connectivity index (χ4v) is 3.85. The number of aryl methyl sites for hydroxylation is 2. The highest BCUT2D eigenvalue weighted by Gasteiger charge is 2.22. The number of nitrogens with one attached hydrogen (secondary N) is 2. The Morgan fingerprint density at radius 1 is 1.15 bits per heavy atom. The van der Waals surface area contributed by atoms with E-state index in [0.717, 1.165) is 4.68 Å². The Balaban J connectivity index is 1.57. The van der Waals surface area contributed by atoms with E-state index in [-0.39, 0.29) is 12.5 Å². The van der Waals surface area contributed by atoms with Crippen LogP contribution in [0.1, 0.15) is 35.5 Å². The summed E-state index contributed by atoms with van der Waals surface area (Å²) in [5, 5.41) is 9.78. The first kappa shape index (κ1) is 22.4. The van der Waals surface area contributed by atoms with Gasteiger partial charge in [-0.25, -0.2) is 4.68 Å². The molecular formula is C23H27N5O5. The number of ether oxygens (including phenoxy) is 2. The average molecular weight is 453 g/mol. The summed E-state index contributed by atoms with van der Waals surface area (Å²) in [6.07, 6.45) is 1.45. The number of fused-ring (bicyclic) bond motifs is 2. The van der Waals surface area contributed by atoms with Crippen LogP contribution < -0.4 is 25.7 Å². The van der Waals surface area contributed by atoms with Crippen molar-refractivity contribution in [2.24, 2.45) is 5.92 Å². The van der Waals surface area contributed by atoms with Crippen molar-refractivity contribution >= 4 is 23.0 Å². The van der Waals surface area contributed by atoms with Crippen LogP contribution in [-0.2, 0) is 11.3 Å². The van der Waals surface area contributed by atoms with Crippen LogP contribution in [0.3, 0.4) is 0 Å². The molecule has 0 bridgehead atoms. The second-order valence-electron chi connectivity index (χ2n) is 8.41. The molecule has 2 amide bonds. The molecule has 2 aromatic heterocycles. The van der Waals surface area contributed by atoms with Crippen LogP contribution in [0, 0.1) is 19.8 Å². The summed E-state index contributed by atoms with van der Waals surface area (Å²) >= 11 is 0. The molecule has 0 radical (unpaired) electrons. The van der Waals surface area contributed by atoms with Crippen LogP contribution in [0.2, 0.25) is 0 Å². The Morgan fingerprint density at radius 3 is 2.61 bits per heavy atom. The second-order valence-corrected chi connectivity index (χ2v) is 8.41. The lowest BCUT2D eigenvalue weighted by molar-refractivity contribution is -0.117. The van der Waals surface area contributed by atoms with Crippen molar-refractivity contribution in [3.63, 3.8) is 0 Å². The van der Waals surface area contributed by atoms with Crippen molar-refractivity contribution in [3.05, 3.63) is 51.7 Å². The molecule has 0 saturated heterocycles. The average Bonchev–Trinajstić information content (AvgIpc) is 3.04. The van der Waals surface area contributed by atoms with E-state index in [1.54, 1.807) is 36.4 Å². The number of carbonyl (C=O) groups excluding carboxylic acids is 2. The second kappa shape index (κ2) is 8.97. The number of carbonyl (C=O) groups is 2. The highest BCUT2D eigenvalue weighted by Crippen LogP contribution is 2.32. The first-order chi connectivity index (χ1) is 15.8. The standard InChI is InChI=1S/C23H27N5O5/c1-13(2)10-24-22(30)20-14(3)21-23(31)28(25-12-27(21)15(20)4)11-19(29)26-16-5-6-17-18(9-16)33-8-7-32-17/h5-6,9,12-13H,7-8,10-11H2,1-4H3,(H,24,30)(H,26,29). The number of hydrogen-bond acceptors (Lipinski definition) is 6. The number of nitrogens with zero attached hydrogens (tertiary/aromatic N) is 3. The van der Waals surface area contributed by atoms with Gasteiger partial charge in [0.15, 0.2) is 11.5 Å². The number of benzene rings is 1. The van der Waals surface area contributed by atoms with Gasteiger partial charge >= 0.3 is 0 Å². The Hall–Kier alpha value is -3.82. The van der Waals surface area contributed by atoms with Crippen molar-refractivity contribution in [1.29, 1.82) is 0 Å². The molecule has 4 rings (SSSR count). The molecule has 10 heteroatoms. The highest BCUT2D eigenvalue weighted by atomic mass is 16.6. The maximum Gasteiger partial charge on any atom is 0.291 e. The topological polar surface area (TPSA) is 116 Å². The Bertz CT molecular complexity index is 1290. The molecule has 0 saturated carbocycles. The van der Waals surface area contributed by atoms with E-state index in [2.05, 4.69) is 15.7 Å². The summed E-state index contributed by atoms with van der Waals surface area (Å²) in [5.41, 5.74) is 2.04. The summed E-state index contributed by atoms with van der Waals surface area (Å²) in [4.78, 5) is 38.4. The Kier molecular flexibility index (Phi) is 6.08. The molecule has 3 aromatic rings. The Labute approximate surface area is 190 Å². The Morgan fingerprint density at radius 2 is 1.88 bits per heavy atom. The molecule has 33 heavy (non-hydrogen) atoms. The minimum atomic E-state index is -0.446. The van der Waals surface area contributed by atoms with Gasteiger partial charge in [0.05, 0.1) is 5.56 Å². The SMILES string of the molecule is Cc1c(C(=O)NCC(C)C)c(C)n2cnn(CC(=O)Nc3ccc4c(c3)OCCO4)c(=O)c12. The third-order valence-electron chi connectivity index (χ3n) is 5.46. The third-order valence-corrected chi connectivity index (χ3v) is 5.46. The van der Waals surface area contributed by atoms with Gasteiger partial charge in [-0.2, -0.15) is 5.10 Å². The largest absolute Gasteiger partial charge is 0.486 e. The summed E-state index contributed by atoms with van der Waals surface area (Å²) in [5.74, 6) is 0.831. The molecular weight excluding hydrogens is 426 g/mol. The van der Waals surface area contributed by atoms with E-state index in [1.807, 2.05) is 13.8 Å². The van der Waals surface area contributed by atoms with Crippen molar-refractivity contribution < 1.29 is 19.1 Å². The lowest BCUT2D eigenvalue weighted by Gasteiger charge is -2.19. The number of amides is 2. The van der Waals surface area contributed by atoms with E-state index >= 15 is 0 Å². The van der Waals surface area contributed by atoms with Crippen molar-refractivity contribution in [3.8, 4) is 11.5 Å². The quantitative estimate of drug-likeness (QED) is 0.589. The van der Waals surface area contributed by atoms with Crippen LogP contribution in [0.5, 0.6) is 11.5 Å². The maximum absolute atomic E-state index is 13.1. The van der Waals surface area contributed by atoms with Crippen LogP contribution >= 0.6 is 0 Å². The molecule has 0 aliphatic carbocycles. The summed E-state index contributed by atoms with van der Waals surface area (Å²) in [6, 6.07) is 5.10. The molecule has 3 heterocycles. The number of rotatable bonds is 6. The van der Waals surface area contributed by atoms with E-state index in [0.29, 0.717) is 65.2 Å². The van der Waals surface area contributed by atoms with Crippen molar-refractivity contribution in [1.82, 2.24) is 19.5 Å². The molecule has 0 atom stereocenters. The van der Waals surface area contributed by atoms with Crippen molar-refractivity contribution in [2.75, 3.05) is 25.1 Å². The lowest BCUT2D eigenvalue weighted by Crippen LogP contribution is -2.31. The van der Waals surface area contributed by atoms with Gasteiger partial charge in [-0.15, -0.1) is 0 Å². The summed E-state index contributed by atoms with van der Waals surface area (Å²) in [7, 11) is 0. The molecule has 1 aromatic carbocycles. The van der Waals surface area contributed by atoms with Gasteiger partial charge in [-0.3, -0.25) is 18.8 Å². The third kappa shape index (κ3) is 4.41. The zero-order chi connectivity index (χ0) is 23.7. The number of anilines is 1. The minimum absolute atomic E-state index is 0.232. The fraction of sp³-hybridized carbons (Fsp3) is 0.391. The van der Waals surface area contributed by atoms with E-state index in [1.165, 1.54) is 6.33 Å². The molecule has 0 unspecified atom stereocenters. The van der Waals surface area contributed by atoms with Crippen molar-refractivity contribution in [2.45, 2.75) is 34.2 Å². The predicted octanol–water partition coefficient (Wildman–Crippen LogP) is 1.91. The van der Waals surface area contributed by atoms with Gasteiger partial charge in [-0.05, 0) is 37.5 Å². The number of hydrogen-bond donors (Lipinski definition) is 2. The van der Waals surface area contributed by atoms with Gasteiger partial charge < -0.3 is 20.1 Å². The van der Waals surface area contributed by atoms with Gasteiger partial charge in [0, 0.05) is 24.0 Å². The predicted molar refractivity (Wildman–Crippen MR) is 122 cm³/mol. The van der Waals surface area contributed by atoms with Crippen LogP contribution in [0.25, 0.3) is 5.52 Å². The van der Waals surface area contributed by atoms with Crippen LogP contribution in [0.15, 0.2) is 29.3 Å². The fourth-order valence-electron chi connectivity index (χ4n) is 3.85. The smallest absolute Gasteiger partial charge is 0.291 e. The van der Waals surface area contributed by atoms with E-state index in [9.17, 15) is 14.4 Å². The molecule has 174 valence electrons. The first-order valence-electron chi connectivity index (χ1n) is 10.8. The molecule has 1 aliphatic rings.